The number of ether oxygens (including phenoxy) is 2. The van der Waals surface area contributed by atoms with Crippen LogP contribution in [0.15, 0.2) is 18.2 Å². The highest BCUT2D eigenvalue weighted by atomic mass is 19.1. The number of benzene rings is 1. The molecule has 2 heterocycles. The summed E-state index contributed by atoms with van der Waals surface area (Å²) in [5, 5.41) is 10.7. The van der Waals surface area contributed by atoms with E-state index in [1.165, 1.54) is 12.1 Å². The molecule has 2 saturated heterocycles. The van der Waals surface area contributed by atoms with Gasteiger partial charge in [-0.15, -0.1) is 0 Å². The lowest BCUT2D eigenvalue weighted by Gasteiger charge is -2.36. The van der Waals surface area contributed by atoms with Gasteiger partial charge in [0.1, 0.15) is 23.8 Å². The molecule has 0 radical (unpaired) electrons. The second-order valence-electron chi connectivity index (χ2n) is 6.94. The van der Waals surface area contributed by atoms with E-state index in [0.717, 1.165) is 18.9 Å². The second kappa shape index (κ2) is 5.25. The molecule has 4 atom stereocenters. The smallest absolute Gasteiger partial charge is 0.131 e. The van der Waals surface area contributed by atoms with Crippen LogP contribution in [-0.2, 0) is 16.1 Å². The van der Waals surface area contributed by atoms with E-state index in [2.05, 4.69) is 0 Å². The molecule has 0 saturated carbocycles. The lowest BCUT2D eigenvalue weighted by atomic mass is 9.73. The quantitative estimate of drug-likeness (QED) is 0.928. The van der Waals surface area contributed by atoms with Crippen LogP contribution in [0.1, 0.15) is 39.2 Å². The first kappa shape index (κ1) is 15.8. The zero-order valence-electron chi connectivity index (χ0n) is 13.1. The second-order valence-corrected chi connectivity index (χ2v) is 6.94. The predicted molar refractivity (Wildman–Crippen MR) is 77.2 cm³/mol. The fourth-order valence-electron chi connectivity index (χ4n) is 3.81. The summed E-state index contributed by atoms with van der Waals surface area (Å²) in [6.45, 7) is 5.97. The molecule has 2 aliphatic rings. The van der Waals surface area contributed by atoms with Crippen LogP contribution < -0.4 is 0 Å². The highest BCUT2D eigenvalue weighted by Crippen LogP contribution is 2.55. The summed E-state index contributed by atoms with van der Waals surface area (Å²) in [5.41, 5.74) is -0.861. The van der Waals surface area contributed by atoms with Crippen LogP contribution >= 0.6 is 0 Å². The van der Waals surface area contributed by atoms with E-state index >= 15 is 0 Å². The maximum Gasteiger partial charge on any atom is 0.131 e. The molecule has 0 spiro atoms. The Kier molecular flexibility index (Phi) is 3.78. The molecule has 0 unspecified atom stereocenters. The van der Waals surface area contributed by atoms with E-state index in [0.29, 0.717) is 0 Å². The standard InChI is InChI=1S/C17H22F2O3/c1-10(2)17-7-6-16(3,22-17)15(14(17)20)21-9-11-4-5-12(18)8-13(11)19/h4-5,8,10,14-15,20H,6-7,9H2,1-3H3/t14-,15-,16+,17+/m1/s1. The van der Waals surface area contributed by atoms with Crippen LogP contribution in [0.5, 0.6) is 0 Å². The van der Waals surface area contributed by atoms with Gasteiger partial charge in [0.05, 0.1) is 17.8 Å². The number of halogens is 2. The molecular formula is C17H22F2O3. The van der Waals surface area contributed by atoms with E-state index in [4.69, 9.17) is 9.47 Å². The van der Waals surface area contributed by atoms with Crippen molar-refractivity contribution in [2.75, 3.05) is 0 Å². The van der Waals surface area contributed by atoms with E-state index in [9.17, 15) is 13.9 Å². The van der Waals surface area contributed by atoms with Crippen LogP contribution in [0.25, 0.3) is 0 Å². The van der Waals surface area contributed by atoms with Crippen LogP contribution in [-0.4, -0.2) is 28.5 Å². The first-order chi connectivity index (χ1) is 10.3. The third-order valence-corrected chi connectivity index (χ3v) is 5.24. The van der Waals surface area contributed by atoms with Crippen LogP contribution in [0.3, 0.4) is 0 Å². The third-order valence-electron chi connectivity index (χ3n) is 5.24. The molecule has 0 aliphatic carbocycles. The minimum absolute atomic E-state index is 0.0129. The molecule has 22 heavy (non-hydrogen) atoms. The first-order valence-electron chi connectivity index (χ1n) is 7.72. The van der Waals surface area contributed by atoms with Crippen molar-refractivity contribution in [3.05, 3.63) is 35.4 Å². The van der Waals surface area contributed by atoms with E-state index in [1.54, 1.807) is 0 Å². The van der Waals surface area contributed by atoms with Gasteiger partial charge >= 0.3 is 0 Å². The van der Waals surface area contributed by atoms with Gasteiger partial charge in [0.25, 0.3) is 0 Å². The van der Waals surface area contributed by atoms with Gasteiger partial charge in [-0.25, -0.2) is 8.78 Å². The number of fused-ring (bicyclic) bond motifs is 2. The minimum atomic E-state index is -0.741. The van der Waals surface area contributed by atoms with Crippen molar-refractivity contribution in [2.24, 2.45) is 5.92 Å². The largest absolute Gasteiger partial charge is 0.387 e. The Labute approximate surface area is 129 Å². The Morgan fingerprint density at radius 3 is 2.68 bits per heavy atom. The lowest BCUT2D eigenvalue weighted by Crippen LogP contribution is -2.51. The molecule has 1 aromatic rings. The third kappa shape index (κ3) is 2.27. The predicted octanol–water partition coefficient (Wildman–Crippen LogP) is 3.19. The van der Waals surface area contributed by atoms with Crippen molar-refractivity contribution >= 4 is 0 Å². The molecule has 2 bridgehead atoms. The molecule has 1 N–H and O–H groups in total. The highest BCUT2D eigenvalue weighted by molar-refractivity contribution is 5.19. The van der Waals surface area contributed by atoms with E-state index < -0.39 is 35.0 Å². The van der Waals surface area contributed by atoms with Crippen LogP contribution in [0.4, 0.5) is 8.78 Å². The molecule has 3 nitrogen and oxygen atoms in total. The van der Waals surface area contributed by atoms with Gasteiger partial charge in [-0.3, -0.25) is 0 Å². The number of aliphatic hydroxyl groups is 1. The Morgan fingerprint density at radius 1 is 1.36 bits per heavy atom. The van der Waals surface area contributed by atoms with Crippen LogP contribution in [0.2, 0.25) is 0 Å². The topological polar surface area (TPSA) is 38.7 Å². The number of hydrogen-bond donors (Lipinski definition) is 1. The van der Waals surface area contributed by atoms with E-state index in [-0.39, 0.29) is 18.1 Å². The van der Waals surface area contributed by atoms with Crippen molar-refractivity contribution in [3.63, 3.8) is 0 Å². The maximum absolute atomic E-state index is 13.7. The van der Waals surface area contributed by atoms with E-state index in [1.807, 2.05) is 20.8 Å². The van der Waals surface area contributed by atoms with Gasteiger partial charge in [0.15, 0.2) is 0 Å². The number of hydrogen-bond acceptors (Lipinski definition) is 3. The summed E-state index contributed by atoms with van der Waals surface area (Å²) in [6.07, 6.45) is 0.356. The summed E-state index contributed by atoms with van der Waals surface area (Å²) in [7, 11) is 0. The van der Waals surface area contributed by atoms with Gasteiger partial charge in [-0.1, -0.05) is 19.9 Å². The fraction of sp³-hybridized carbons (Fsp3) is 0.647. The van der Waals surface area contributed by atoms with Gasteiger partial charge in [-0.2, -0.15) is 0 Å². The SMILES string of the molecule is CC(C)[C@]12CC[C@](C)(O1)[C@H](OCc1ccc(F)cc1F)[C@H]2O. The summed E-state index contributed by atoms with van der Waals surface area (Å²) in [5.74, 6) is -1.09. The van der Waals surface area contributed by atoms with Crippen molar-refractivity contribution in [2.45, 2.75) is 63.6 Å². The maximum atomic E-state index is 13.7. The molecule has 3 rings (SSSR count). The Balaban J connectivity index is 1.76. The van der Waals surface area contributed by atoms with Gasteiger partial charge in [0.2, 0.25) is 0 Å². The summed E-state index contributed by atoms with van der Waals surface area (Å²) < 4.78 is 38.6. The Bertz CT molecular complexity index is 577. The molecule has 122 valence electrons. The van der Waals surface area contributed by atoms with Crippen LogP contribution in [0, 0.1) is 17.6 Å². The molecule has 0 amide bonds. The molecule has 5 heteroatoms. The Hall–Kier alpha value is -1.04. The molecule has 0 aromatic heterocycles. The van der Waals surface area contributed by atoms with Gasteiger partial charge in [-0.05, 0) is 31.7 Å². The van der Waals surface area contributed by atoms with Gasteiger partial charge < -0.3 is 14.6 Å². The zero-order valence-corrected chi connectivity index (χ0v) is 13.1. The summed E-state index contributed by atoms with van der Waals surface area (Å²) in [4.78, 5) is 0. The van der Waals surface area contributed by atoms with Crippen molar-refractivity contribution < 1.29 is 23.4 Å². The Morgan fingerprint density at radius 2 is 2.09 bits per heavy atom. The average Bonchev–Trinajstić information content (AvgIpc) is 2.90. The molecule has 2 aliphatic heterocycles. The number of rotatable bonds is 4. The van der Waals surface area contributed by atoms with Crippen molar-refractivity contribution in [3.8, 4) is 0 Å². The van der Waals surface area contributed by atoms with Gasteiger partial charge in [0, 0.05) is 11.6 Å². The van der Waals surface area contributed by atoms with Crippen molar-refractivity contribution in [1.82, 2.24) is 0 Å². The zero-order chi connectivity index (χ0) is 16.1. The molecular weight excluding hydrogens is 290 g/mol. The normalized spacial score (nSPS) is 37.2. The summed E-state index contributed by atoms with van der Waals surface area (Å²) >= 11 is 0. The number of aliphatic hydroxyl groups excluding tert-OH is 1. The lowest BCUT2D eigenvalue weighted by molar-refractivity contribution is -0.0980. The average molecular weight is 312 g/mol. The van der Waals surface area contributed by atoms with Crippen molar-refractivity contribution in [1.29, 1.82) is 0 Å². The molecule has 1 aromatic carbocycles. The monoisotopic (exact) mass is 312 g/mol. The highest BCUT2D eigenvalue weighted by Gasteiger charge is 2.66. The molecule has 2 fully saturated rings. The fourth-order valence-corrected chi connectivity index (χ4v) is 3.81. The summed E-state index contributed by atoms with van der Waals surface area (Å²) in [6, 6.07) is 3.40. The minimum Gasteiger partial charge on any atom is -0.387 e. The first-order valence-corrected chi connectivity index (χ1v) is 7.72.